The lowest BCUT2D eigenvalue weighted by molar-refractivity contribution is -0.137. The van der Waals surface area contributed by atoms with Gasteiger partial charge in [0.1, 0.15) is 0 Å². The third kappa shape index (κ3) is 4.62. The Hall–Kier alpha value is -1.93. The van der Waals surface area contributed by atoms with Crippen molar-refractivity contribution in [1.82, 2.24) is 4.90 Å². The molecule has 3 rings (SSSR count). The van der Waals surface area contributed by atoms with Crippen LogP contribution in [0.3, 0.4) is 0 Å². The predicted octanol–water partition coefficient (Wildman–Crippen LogP) is 1.17. The number of esters is 1. The average Bonchev–Trinajstić information content (AvgIpc) is 3.37. The zero-order valence-corrected chi connectivity index (χ0v) is 15.5. The van der Waals surface area contributed by atoms with Crippen LogP contribution in [0.25, 0.3) is 0 Å². The lowest BCUT2D eigenvalue weighted by atomic mass is 10.1. The molecule has 142 valence electrons. The van der Waals surface area contributed by atoms with E-state index < -0.39 is 15.8 Å². The van der Waals surface area contributed by atoms with E-state index in [0.717, 1.165) is 18.4 Å². The molecule has 1 heterocycles. The van der Waals surface area contributed by atoms with E-state index in [1.165, 1.54) is 0 Å². The van der Waals surface area contributed by atoms with Gasteiger partial charge in [-0.1, -0.05) is 12.1 Å². The Morgan fingerprint density at radius 2 is 1.81 bits per heavy atom. The van der Waals surface area contributed by atoms with Gasteiger partial charge >= 0.3 is 5.97 Å². The summed E-state index contributed by atoms with van der Waals surface area (Å²) in [5, 5.41) is 0. The van der Waals surface area contributed by atoms with Crippen LogP contribution in [0.2, 0.25) is 0 Å². The van der Waals surface area contributed by atoms with Gasteiger partial charge in [0.15, 0.2) is 16.4 Å². The molecule has 7 nitrogen and oxygen atoms in total. The molecule has 8 heteroatoms. The molecular formula is C18H23NO6S. The zero-order valence-electron chi connectivity index (χ0n) is 14.7. The van der Waals surface area contributed by atoms with Gasteiger partial charge in [-0.2, -0.15) is 0 Å². The first-order valence-electron chi connectivity index (χ1n) is 8.66. The van der Waals surface area contributed by atoms with Crippen molar-refractivity contribution >= 4 is 21.7 Å². The number of carbonyl (C=O) groups is 2. The number of benzene rings is 1. The van der Waals surface area contributed by atoms with Crippen LogP contribution in [0.4, 0.5) is 0 Å². The molecular weight excluding hydrogens is 358 g/mol. The Balaban J connectivity index is 1.57. The molecule has 0 unspecified atom stereocenters. The Morgan fingerprint density at radius 1 is 1.12 bits per heavy atom. The number of nitrogens with zero attached hydrogens (tertiary/aromatic N) is 1. The monoisotopic (exact) mass is 381 g/mol. The van der Waals surface area contributed by atoms with Gasteiger partial charge in [-0.3, -0.25) is 4.79 Å². The quantitative estimate of drug-likeness (QED) is 0.659. The van der Waals surface area contributed by atoms with Crippen molar-refractivity contribution in [2.24, 2.45) is 0 Å². The largest absolute Gasteiger partial charge is 0.452 e. The second-order valence-electron chi connectivity index (χ2n) is 6.80. The minimum atomic E-state index is -3.07. The molecule has 1 aliphatic carbocycles. The molecule has 1 amide bonds. The standard InChI is InChI=1S/C18H23NO6S/c1-24-10-13-2-4-14(5-3-13)18(21)25-11-17(20)19(15-6-7-15)16-8-9-26(22,23)12-16/h2-5,15-16H,6-12H2,1H3/t16-/m0/s1. The summed E-state index contributed by atoms with van der Waals surface area (Å²) in [6, 6.07) is 6.57. The van der Waals surface area contributed by atoms with Gasteiger partial charge in [0, 0.05) is 19.2 Å². The van der Waals surface area contributed by atoms with E-state index in [2.05, 4.69) is 0 Å². The maximum atomic E-state index is 12.5. The van der Waals surface area contributed by atoms with Crippen LogP contribution < -0.4 is 0 Å². The highest BCUT2D eigenvalue weighted by atomic mass is 32.2. The number of rotatable bonds is 7. The minimum absolute atomic E-state index is 0.00412. The first kappa shape index (κ1) is 18.8. The minimum Gasteiger partial charge on any atom is -0.452 e. The highest BCUT2D eigenvalue weighted by Gasteiger charge is 2.42. The molecule has 1 aromatic carbocycles. The van der Waals surface area contributed by atoms with Crippen molar-refractivity contribution < 1.29 is 27.5 Å². The van der Waals surface area contributed by atoms with Crippen molar-refractivity contribution in [3.05, 3.63) is 35.4 Å². The van der Waals surface area contributed by atoms with Crippen molar-refractivity contribution in [2.45, 2.75) is 38.0 Å². The van der Waals surface area contributed by atoms with E-state index in [1.54, 1.807) is 36.3 Å². The van der Waals surface area contributed by atoms with Crippen LogP contribution >= 0.6 is 0 Å². The average molecular weight is 381 g/mol. The fourth-order valence-corrected chi connectivity index (χ4v) is 4.95. The zero-order chi connectivity index (χ0) is 18.7. The lowest BCUT2D eigenvalue weighted by Gasteiger charge is -2.28. The van der Waals surface area contributed by atoms with Crippen LogP contribution in [0.5, 0.6) is 0 Å². The van der Waals surface area contributed by atoms with E-state index in [0.29, 0.717) is 18.6 Å². The molecule has 0 aromatic heterocycles. The van der Waals surface area contributed by atoms with Crippen molar-refractivity contribution in [3.8, 4) is 0 Å². The van der Waals surface area contributed by atoms with Crippen LogP contribution in [0, 0.1) is 0 Å². The molecule has 26 heavy (non-hydrogen) atoms. The summed E-state index contributed by atoms with van der Waals surface area (Å²) in [6.45, 7) is 0.0835. The second kappa shape index (κ2) is 7.75. The molecule has 2 fully saturated rings. The van der Waals surface area contributed by atoms with E-state index in [9.17, 15) is 18.0 Å². The van der Waals surface area contributed by atoms with Crippen LogP contribution in [-0.2, 0) is 30.7 Å². The number of methoxy groups -OCH3 is 1. The van der Waals surface area contributed by atoms with Crippen LogP contribution in [0.15, 0.2) is 24.3 Å². The number of ether oxygens (including phenoxy) is 2. The topological polar surface area (TPSA) is 90.0 Å². The molecule has 1 aromatic rings. The van der Waals surface area contributed by atoms with Gasteiger partial charge in [0.05, 0.1) is 23.7 Å². The maximum Gasteiger partial charge on any atom is 0.338 e. The summed E-state index contributed by atoms with van der Waals surface area (Å²) in [7, 11) is -1.48. The predicted molar refractivity (Wildman–Crippen MR) is 94.4 cm³/mol. The lowest BCUT2D eigenvalue weighted by Crippen LogP contribution is -2.44. The number of carbonyl (C=O) groups excluding carboxylic acids is 2. The van der Waals surface area contributed by atoms with E-state index in [4.69, 9.17) is 9.47 Å². The van der Waals surface area contributed by atoms with Crippen LogP contribution in [-0.4, -0.2) is 62.5 Å². The Bertz CT molecular complexity index is 769. The SMILES string of the molecule is COCc1ccc(C(=O)OCC(=O)N(C2CC2)[C@H]2CCS(=O)(=O)C2)cc1. The highest BCUT2D eigenvalue weighted by Crippen LogP contribution is 2.32. The molecule has 1 atom stereocenters. The normalized spacial score (nSPS) is 21.3. The molecule has 0 bridgehead atoms. The van der Waals surface area contributed by atoms with Gasteiger partial charge in [-0.25, -0.2) is 13.2 Å². The van der Waals surface area contributed by atoms with Crippen molar-refractivity contribution in [2.75, 3.05) is 25.2 Å². The Kier molecular flexibility index (Phi) is 5.62. The first-order chi connectivity index (χ1) is 12.4. The fourth-order valence-electron chi connectivity index (χ4n) is 3.24. The van der Waals surface area contributed by atoms with E-state index >= 15 is 0 Å². The van der Waals surface area contributed by atoms with Crippen molar-refractivity contribution in [3.63, 3.8) is 0 Å². The summed E-state index contributed by atoms with van der Waals surface area (Å²) < 4.78 is 33.6. The number of hydrogen-bond donors (Lipinski definition) is 0. The summed E-state index contributed by atoms with van der Waals surface area (Å²) in [6.07, 6.45) is 2.20. The Labute approximate surface area is 153 Å². The molecule has 1 saturated carbocycles. The molecule has 0 radical (unpaired) electrons. The van der Waals surface area contributed by atoms with Gasteiger partial charge < -0.3 is 14.4 Å². The van der Waals surface area contributed by atoms with Gasteiger partial charge in [0.25, 0.3) is 5.91 Å². The number of sulfone groups is 1. The fraction of sp³-hybridized carbons (Fsp3) is 0.556. The molecule has 0 N–H and O–H groups in total. The number of hydrogen-bond acceptors (Lipinski definition) is 6. The smallest absolute Gasteiger partial charge is 0.338 e. The summed E-state index contributed by atoms with van der Waals surface area (Å²) >= 11 is 0. The molecule has 1 aliphatic heterocycles. The van der Waals surface area contributed by atoms with E-state index in [-0.39, 0.29) is 36.1 Å². The molecule has 0 spiro atoms. The van der Waals surface area contributed by atoms with Gasteiger partial charge in [0.2, 0.25) is 0 Å². The molecule has 1 saturated heterocycles. The molecule has 2 aliphatic rings. The Morgan fingerprint density at radius 3 is 2.35 bits per heavy atom. The number of amides is 1. The summed E-state index contributed by atoms with van der Waals surface area (Å²) in [5.41, 5.74) is 1.29. The third-order valence-electron chi connectivity index (χ3n) is 4.66. The van der Waals surface area contributed by atoms with Gasteiger partial charge in [-0.05, 0) is 37.0 Å². The maximum absolute atomic E-state index is 12.5. The van der Waals surface area contributed by atoms with Crippen LogP contribution in [0.1, 0.15) is 35.2 Å². The van der Waals surface area contributed by atoms with Gasteiger partial charge in [-0.15, -0.1) is 0 Å². The second-order valence-corrected chi connectivity index (χ2v) is 9.02. The van der Waals surface area contributed by atoms with E-state index in [1.807, 2.05) is 0 Å². The summed E-state index contributed by atoms with van der Waals surface area (Å²) in [5.74, 6) is -0.776. The summed E-state index contributed by atoms with van der Waals surface area (Å²) in [4.78, 5) is 26.3. The highest BCUT2D eigenvalue weighted by molar-refractivity contribution is 7.91. The third-order valence-corrected chi connectivity index (χ3v) is 6.41. The first-order valence-corrected chi connectivity index (χ1v) is 10.5. The van der Waals surface area contributed by atoms with Crippen molar-refractivity contribution in [1.29, 1.82) is 0 Å².